The molecule has 2 aromatic carbocycles. The number of carbonyl (C=O) groups excluding carboxylic acids is 2. The summed E-state index contributed by atoms with van der Waals surface area (Å²) in [5.41, 5.74) is 2.16. The summed E-state index contributed by atoms with van der Waals surface area (Å²) in [4.78, 5) is 24.1. The number of rotatable bonds is 5. The van der Waals surface area contributed by atoms with Crippen LogP contribution in [0.3, 0.4) is 0 Å². The molecule has 0 aliphatic heterocycles. The van der Waals surface area contributed by atoms with Gasteiger partial charge in [-0.2, -0.15) is 5.10 Å². The number of aromatic amines is 1. The highest BCUT2D eigenvalue weighted by Gasteiger charge is 2.11. The lowest BCUT2D eigenvalue weighted by Crippen LogP contribution is -2.05. The highest BCUT2D eigenvalue weighted by atomic mass is 16.1. The molecule has 0 fully saturated rings. The minimum atomic E-state index is -0.0256. The highest BCUT2D eigenvalue weighted by molar-refractivity contribution is 6.03. The molecule has 0 spiro atoms. The molecule has 1 aromatic heterocycles. The zero-order chi connectivity index (χ0) is 14.7. The second kappa shape index (κ2) is 5.71. The van der Waals surface area contributed by atoms with Gasteiger partial charge in [-0.15, -0.1) is 0 Å². The van der Waals surface area contributed by atoms with Crippen molar-refractivity contribution < 1.29 is 9.59 Å². The highest BCUT2D eigenvalue weighted by Crippen LogP contribution is 2.15. The normalized spacial score (nSPS) is 10.7. The molecule has 0 aliphatic rings. The predicted molar refractivity (Wildman–Crippen MR) is 80.4 cm³/mol. The second-order valence-corrected chi connectivity index (χ2v) is 4.88. The Morgan fingerprint density at radius 3 is 2.38 bits per heavy atom. The molecular weight excluding hydrogens is 264 g/mol. The molecule has 0 saturated carbocycles. The third-order valence-corrected chi connectivity index (χ3v) is 3.44. The average Bonchev–Trinajstić information content (AvgIpc) is 3.00. The van der Waals surface area contributed by atoms with Gasteiger partial charge >= 0.3 is 0 Å². The van der Waals surface area contributed by atoms with Crippen LogP contribution in [0.25, 0.3) is 10.9 Å². The molecule has 3 aromatic rings. The summed E-state index contributed by atoms with van der Waals surface area (Å²) in [6.45, 7) is 0. The van der Waals surface area contributed by atoms with Gasteiger partial charge in [0.05, 0.1) is 11.7 Å². The van der Waals surface area contributed by atoms with Crippen molar-refractivity contribution in [3.63, 3.8) is 0 Å². The standard InChI is InChI=1S/C17H14N2O2/c20-16(12-4-2-1-3-5-12)8-9-17(21)13-6-7-15-14(10-13)11-18-19-15/h1-7,10-11H,8-9H2,(H,18,19). The molecule has 0 unspecified atom stereocenters. The first kappa shape index (κ1) is 13.2. The fourth-order valence-corrected chi connectivity index (χ4v) is 2.26. The van der Waals surface area contributed by atoms with Crippen LogP contribution in [0.1, 0.15) is 33.6 Å². The van der Waals surface area contributed by atoms with Crippen LogP contribution in [0.15, 0.2) is 54.7 Å². The average molecular weight is 278 g/mol. The number of fused-ring (bicyclic) bond motifs is 1. The Morgan fingerprint density at radius 2 is 1.62 bits per heavy atom. The molecular formula is C17H14N2O2. The summed E-state index contributed by atoms with van der Waals surface area (Å²) in [5.74, 6) is -0.0317. The minimum absolute atomic E-state index is 0.00617. The largest absolute Gasteiger partial charge is 0.294 e. The minimum Gasteiger partial charge on any atom is -0.294 e. The molecule has 1 heterocycles. The van der Waals surface area contributed by atoms with E-state index in [1.165, 1.54) is 0 Å². The Kier molecular flexibility index (Phi) is 3.60. The number of H-pyrrole nitrogens is 1. The zero-order valence-corrected chi connectivity index (χ0v) is 11.4. The van der Waals surface area contributed by atoms with Gasteiger partial charge in [0.1, 0.15) is 0 Å². The lowest BCUT2D eigenvalue weighted by atomic mass is 10.0. The predicted octanol–water partition coefficient (Wildman–Crippen LogP) is 3.41. The van der Waals surface area contributed by atoms with Gasteiger partial charge in [0.2, 0.25) is 0 Å². The molecule has 0 aliphatic carbocycles. The first-order chi connectivity index (χ1) is 10.2. The fourth-order valence-electron chi connectivity index (χ4n) is 2.26. The molecule has 21 heavy (non-hydrogen) atoms. The monoisotopic (exact) mass is 278 g/mol. The summed E-state index contributed by atoms with van der Waals surface area (Å²) in [6.07, 6.45) is 2.13. The van der Waals surface area contributed by atoms with Crippen LogP contribution in [-0.2, 0) is 0 Å². The molecule has 1 N–H and O–H groups in total. The maximum atomic E-state index is 12.2. The van der Waals surface area contributed by atoms with E-state index < -0.39 is 0 Å². The van der Waals surface area contributed by atoms with E-state index >= 15 is 0 Å². The van der Waals surface area contributed by atoms with Gasteiger partial charge in [-0.1, -0.05) is 30.3 Å². The lowest BCUT2D eigenvalue weighted by Gasteiger charge is -2.02. The van der Waals surface area contributed by atoms with Crippen LogP contribution < -0.4 is 0 Å². The Bertz CT molecular complexity index is 791. The number of nitrogens with zero attached hydrogens (tertiary/aromatic N) is 1. The SMILES string of the molecule is O=C(CCC(=O)c1ccc2[nH]ncc2c1)c1ccccc1. The van der Waals surface area contributed by atoms with E-state index in [1.807, 2.05) is 24.3 Å². The van der Waals surface area contributed by atoms with E-state index in [0.29, 0.717) is 11.1 Å². The number of hydrogen-bond acceptors (Lipinski definition) is 3. The van der Waals surface area contributed by atoms with Crippen LogP contribution in [0.5, 0.6) is 0 Å². The van der Waals surface area contributed by atoms with Gasteiger partial charge in [-0.3, -0.25) is 14.7 Å². The first-order valence-electron chi connectivity index (χ1n) is 6.78. The summed E-state index contributed by atoms with van der Waals surface area (Å²) in [6, 6.07) is 14.4. The third kappa shape index (κ3) is 2.89. The zero-order valence-electron chi connectivity index (χ0n) is 11.4. The first-order valence-corrected chi connectivity index (χ1v) is 6.78. The van der Waals surface area contributed by atoms with Crippen molar-refractivity contribution in [1.82, 2.24) is 10.2 Å². The molecule has 3 rings (SSSR count). The van der Waals surface area contributed by atoms with E-state index in [9.17, 15) is 9.59 Å². The molecule has 0 saturated heterocycles. The number of carbonyl (C=O) groups is 2. The number of Topliss-reactive ketones (excluding diaryl/α,β-unsaturated/α-hetero) is 2. The Hall–Kier alpha value is -2.75. The van der Waals surface area contributed by atoms with Crippen LogP contribution in [0.2, 0.25) is 0 Å². The van der Waals surface area contributed by atoms with Crippen LogP contribution >= 0.6 is 0 Å². The van der Waals surface area contributed by atoms with Crippen molar-refractivity contribution in [3.05, 3.63) is 65.9 Å². The van der Waals surface area contributed by atoms with Gasteiger partial charge in [-0.05, 0) is 18.2 Å². The molecule has 4 heteroatoms. The van der Waals surface area contributed by atoms with Crippen molar-refractivity contribution in [3.8, 4) is 0 Å². The smallest absolute Gasteiger partial charge is 0.163 e. The topological polar surface area (TPSA) is 62.8 Å². The van der Waals surface area contributed by atoms with E-state index in [1.54, 1.807) is 30.5 Å². The van der Waals surface area contributed by atoms with Crippen molar-refractivity contribution >= 4 is 22.5 Å². The van der Waals surface area contributed by atoms with Gasteiger partial charge in [0.25, 0.3) is 0 Å². The van der Waals surface area contributed by atoms with Crippen LogP contribution in [-0.4, -0.2) is 21.8 Å². The van der Waals surface area contributed by atoms with E-state index in [0.717, 1.165) is 10.9 Å². The van der Waals surface area contributed by atoms with Crippen LogP contribution in [0, 0.1) is 0 Å². The summed E-state index contributed by atoms with van der Waals surface area (Å²) in [7, 11) is 0. The quantitative estimate of drug-likeness (QED) is 0.727. The molecule has 0 radical (unpaired) electrons. The summed E-state index contributed by atoms with van der Waals surface area (Å²) in [5, 5.41) is 7.67. The van der Waals surface area contributed by atoms with Crippen molar-refractivity contribution in [2.45, 2.75) is 12.8 Å². The Morgan fingerprint density at radius 1 is 0.905 bits per heavy atom. The number of benzene rings is 2. The summed E-state index contributed by atoms with van der Waals surface area (Å²) < 4.78 is 0. The fraction of sp³-hybridized carbons (Fsp3) is 0.118. The Labute approximate surface area is 121 Å². The van der Waals surface area contributed by atoms with Crippen LogP contribution in [0.4, 0.5) is 0 Å². The van der Waals surface area contributed by atoms with E-state index in [2.05, 4.69) is 10.2 Å². The number of hydrogen-bond donors (Lipinski definition) is 1. The lowest BCUT2D eigenvalue weighted by molar-refractivity contribution is 0.0917. The van der Waals surface area contributed by atoms with Crippen molar-refractivity contribution in [2.24, 2.45) is 0 Å². The molecule has 0 atom stereocenters. The molecule has 4 nitrogen and oxygen atoms in total. The van der Waals surface area contributed by atoms with Gasteiger partial charge in [0, 0.05) is 29.4 Å². The van der Waals surface area contributed by atoms with Gasteiger partial charge in [0.15, 0.2) is 11.6 Å². The second-order valence-electron chi connectivity index (χ2n) is 4.88. The maximum absolute atomic E-state index is 12.2. The van der Waals surface area contributed by atoms with Gasteiger partial charge < -0.3 is 0 Å². The van der Waals surface area contributed by atoms with E-state index in [4.69, 9.17) is 0 Å². The molecule has 0 amide bonds. The van der Waals surface area contributed by atoms with Crippen molar-refractivity contribution in [1.29, 1.82) is 0 Å². The molecule has 0 bridgehead atoms. The maximum Gasteiger partial charge on any atom is 0.163 e. The third-order valence-electron chi connectivity index (χ3n) is 3.44. The molecule has 104 valence electrons. The van der Waals surface area contributed by atoms with Crippen molar-refractivity contribution in [2.75, 3.05) is 0 Å². The van der Waals surface area contributed by atoms with E-state index in [-0.39, 0.29) is 24.4 Å². The van der Waals surface area contributed by atoms with Gasteiger partial charge in [-0.25, -0.2) is 0 Å². The summed E-state index contributed by atoms with van der Waals surface area (Å²) >= 11 is 0. The Balaban J connectivity index is 1.67. The number of ketones is 2. The number of nitrogens with one attached hydrogen (secondary N) is 1. The number of aromatic nitrogens is 2.